The van der Waals surface area contributed by atoms with Crippen LogP contribution in [0.3, 0.4) is 0 Å². The van der Waals surface area contributed by atoms with Crippen LogP contribution in [0.1, 0.15) is 6.42 Å². The van der Waals surface area contributed by atoms with Crippen molar-refractivity contribution in [2.75, 3.05) is 0 Å². The van der Waals surface area contributed by atoms with Gasteiger partial charge in [0.05, 0.1) is 6.04 Å². The van der Waals surface area contributed by atoms with E-state index in [-0.39, 0.29) is 0 Å². The van der Waals surface area contributed by atoms with Gasteiger partial charge in [0.2, 0.25) is 0 Å². The Morgan fingerprint density at radius 1 is 1.60 bits per heavy atom. The average Bonchev–Trinajstić information content (AvgIpc) is 1.86. The van der Waals surface area contributed by atoms with Crippen LogP contribution in [0, 0.1) is 6.04 Å². The molecule has 0 aliphatic rings. The molecule has 1 radical (unpaired) electrons. The second kappa shape index (κ2) is 4.61. The van der Waals surface area contributed by atoms with Crippen molar-refractivity contribution in [3.05, 3.63) is 31.4 Å². The summed E-state index contributed by atoms with van der Waals surface area (Å²) in [6, 6.07) is 0.0965. The van der Waals surface area contributed by atoms with Crippen LogP contribution in [0.15, 0.2) is 25.3 Å². The van der Waals surface area contributed by atoms with E-state index in [0.717, 1.165) is 0 Å². The topological polar surface area (TPSA) is 55.1 Å². The van der Waals surface area contributed by atoms with Gasteiger partial charge in [0.15, 0.2) is 0 Å². The molecule has 0 aromatic carbocycles. The zero-order valence-corrected chi connectivity index (χ0v) is 5.76. The minimum atomic E-state index is -0.572. The molecule has 0 saturated carbocycles. The molecule has 3 nitrogen and oxygen atoms in total. The standard InChI is InChI=1S/C7H11N2O/c1-3-5-6(4-2)9-7(8)10/h3-4H,1-2,5H2,(H3,8,9,10). The van der Waals surface area contributed by atoms with E-state index >= 15 is 0 Å². The largest absolute Gasteiger partial charge is 0.352 e. The fourth-order valence-electron chi connectivity index (χ4n) is 0.499. The van der Waals surface area contributed by atoms with E-state index in [0.29, 0.717) is 12.5 Å². The molecule has 3 heteroatoms. The van der Waals surface area contributed by atoms with Gasteiger partial charge in [-0.05, 0) is 6.42 Å². The van der Waals surface area contributed by atoms with Crippen LogP contribution >= 0.6 is 0 Å². The number of nitrogens with two attached hydrogens (primary N) is 1. The number of hydrogen-bond donors (Lipinski definition) is 2. The minimum absolute atomic E-state index is 0.572. The lowest BCUT2D eigenvalue weighted by Crippen LogP contribution is -2.31. The van der Waals surface area contributed by atoms with Crippen LogP contribution in [0.25, 0.3) is 0 Å². The molecule has 10 heavy (non-hydrogen) atoms. The van der Waals surface area contributed by atoms with Gasteiger partial charge in [-0.25, -0.2) is 4.79 Å². The number of carbonyl (C=O) groups is 1. The maximum atomic E-state index is 10.3. The van der Waals surface area contributed by atoms with Gasteiger partial charge >= 0.3 is 6.03 Å². The Bertz CT molecular complexity index is 143. The minimum Gasteiger partial charge on any atom is -0.352 e. The van der Waals surface area contributed by atoms with E-state index in [9.17, 15) is 4.79 Å². The highest BCUT2D eigenvalue weighted by molar-refractivity contribution is 5.73. The molecule has 0 atom stereocenters. The van der Waals surface area contributed by atoms with E-state index in [2.05, 4.69) is 18.5 Å². The predicted octanol–water partition coefficient (Wildman–Crippen LogP) is 0.949. The molecule has 0 aromatic rings. The second-order valence-electron chi connectivity index (χ2n) is 1.71. The van der Waals surface area contributed by atoms with Crippen molar-refractivity contribution in [3.63, 3.8) is 0 Å². The normalized spacial score (nSPS) is 8.90. The van der Waals surface area contributed by atoms with Crippen molar-refractivity contribution in [1.82, 2.24) is 5.32 Å². The van der Waals surface area contributed by atoms with Crippen LogP contribution in [0.5, 0.6) is 0 Å². The van der Waals surface area contributed by atoms with E-state index in [1.165, 1.54) is 6.08 Å². The molecule has 0 bridgehead atoms. The quantitative estimate of drug-likeness (QED) is 0.560. The zero-order valence-electron chi connectivity index (χ0n) is 5.76. The van der Waals surface area contributed by atoms with Crippen LogP contribution in [-0.4, -0.2) is 6.03 Å². The Labute approximate surface area is 60.6 Å². The van der Waals surface area contributed by atoms with E-state index in [4.69, 9.17) is 5.73 Å². The summed E-state index contributed by atoms with van der Waals surface area (Å²) in [5.41, 5.74) is 4.85. The maximum absolute atomic E-state index is 10.3. The molecule has 55 valence electrons. The Morgan fingerprint density at radius 3 is 2.50 bits per heavy atom. The maximum Gasteiger partial charge on any atom is 0.312 e. The van der Waals surface area contributed by atoms with Crippen molar-refractivity contribution in [3.8, 4) is 0 Å². The molecule has 0 aliphatic heterocycles. The smallest absolute Gasteiger partial charge is 0.312 e. The fraction of sp³-hybridized carbons (Fsp3) is 0.143. The highest BCUT2D eigenvalue weighted by Crippen LogP contribution is 2.01. The lowest BCUT2D eigenvalue weighted by Gasteiger charge is -2.07. The van der Waals surface area contributed by atoms with Crippen molar-refractivity contribution in [2.24, 2.45) is 5.73 Å². The Morgan fingerprint density at radius 2 is 2.20 bits per heavy atom. The first kappa shape index (κ1) is 8.75. The van der Waals surface area contributed by atoms with Crippen LogP contribution in [0.4, 0.5) is 4.79 Å². The summed E-state index contributed by atoms with van der Waals surface area (Å²) in [7, 11) is 0. The van der Waals surface area contributed by atoms with Crippen LogP contribution in [-0.2, 0) is 0 Å². The van der Waals surface area contributed by atoms with Gasteiger partial charge in [-0.1, -0.05) is 12.2 Å². The summed E-state index contributed by atoms with van der Waals surface area (Å²) >= 11 is 0. The molecule has 0 fully saturated rings. The van der Waals surface area contributed by atoms with Crippen LogP contribution < -0.4 is 11.1 Å². The molecular formula is C7H11N2O. The first-order chi connectivity index (χ1) is 4.70. The SMILES string of the molecule is C=CC[C](C=C)NC(N)=O. The third kappa shape index (κ3) is 3.72. The van der Waals surface area contributed by atoms with Crippen molar-refractivity contribution in [1.29, 1.82) is 0 Å². The summed E-state index contributed by atoms with van der Waals surface area (Å²) < 4.78 is 0. The molecule has 2 amide bonds. The summed E-state index contributed by atoms with van der Waals surface area (Å²) in [5, 5.41) is 2.40. The monoisotopic (exact) mass is 139 g/mol. The summed E-state index contributed by atoms with van der Waals surface area (Å²) in [6.45, 7) is 6.97. The van der Waals surface area contributed by atoms with Gasteiger partial charge in [0.25, 0.3) is 0 Å². The number of rotatable bonds is 4. The Hall–Kier alpha value is -1.25. The van der Waals surface area contributed by atoms with Crippen molar-refractivity contribution >= 4 is 6.03 Å². The summed E-state index contributed by atoms with van der Waals surface area (Å²) in [5.74, 6) is 0. The van der Waals surface area contributed by atoms with E-state index in [1.54, 1.807) is 6.08 Å². The fourth-order valence-corrected chi connectivity index (χ4v) is 0.499. The molecule has 0 heterocycles. The molecule has 0 aliphatic carbocycles. The van der Waals surface area contributed by atoms with Gasteiger partial charge in [0.1, 0.15) is 0 Å². The van der Waals surface area contributed by atoms with Crippen molar-refractivity contribution in [2.45, 2.75) is 6.42 Å². The summed E-state index contributed by atoms with van der Waals surface area (Å²) in [6.07, 6.45) is 3.77. The van der Waals surface area contributed by atoms with Gasteiger partial charge in [0, 0.05) is 0 Å². The molecule has 0 saturated heterocycles. The first-order valence-corrected chi connectivity index (χ1v) is 2.86. The number of urea groups is 1. The molecule has 0 spiro atoms. The highest BCUT2D eigenvalue weighted by atomic mass is 16.2. The first-order valence-electron chi connectivity index (χ1n) is 2.86. The zero-order chi connectivity index (χ0) is 7.98. The average molecular weight is 139 g/mol. The van der Waals surface area contributed by atoms with Gasteiger partial charge in [-0.2, -0.15) is 0 Å². The Kier molecular flexibility index (Phi) is 4.04. The van der Waals surface area contributed by atoms with Crippen LogP contribution in [0.2, 0.25) is 0 Å². The second-order valence-corrected chi connectivity index (χ2v) is 1.71. The lowest BCUT2D eigenvalue weighted by molar-refractivity contribution is 0.250. The third-order valence-corrected chi connectivity index (χ3v) is 0.894. The molecule has 0 aromatic heterocycles. The van der Waals surface area contributed by atoms with Gasteiger partial charge in [-0.3, -0.25) is 0 Å². The van der Waals surface area contributed by atoms with Crippen molar-refractivity contribution < 1.29 is 4.79 Å². The van der Waals surface area contributed by atoms with Gasteiger partial charge < -0.3 is 11.1 Å². The summed E-state index contributed by atoms with van der Waals surface area (Å²) in [4.78, 5) is 10.3. The lowest BCUT2D eigenvalue weighted by atomic mass is 10.2. The number of nitrogens with one attached hydrogen (secondary N) is 1. The molecule has 0 rings (SSSR count). The number of hydrogen-bond acceptors (Lipinski definition) is 1. The number of carbonyl (C=O) groups excluding carboxylic acids is 1. The number of amides is 2. The predicted molar refractivity (Wildman–Crippen MR) is 41.0 cm³/mol. The van der Waals surface area contributed by atoms with E-state index < -0.39 is 6.03 Å². The molecular weight excluding hydrogens is 128 g/mol. The highest BCUT2D eigenvalue weighted by Gasteiger charge is 2.02. The number of primary amides is 1. The Balaban J connectivity index is 3.70. The molecule has 0 unspecified atom stereocenters. The van der Waals surface area contributed by atoms with Gasteiger partial charge in [-0.15, -0.1) is 13.2 Å². The third-order valence-electron chi connectivity index (χ3n) is 0.894. The van der Waals surface area contributed by atoms with E-state index in [1.807, 2.05) is 0 Å². The molecule has 3 N–H and O–H groups in total.